The van der Waals surface area contributed by atoms with Crippen molar-refractivity contribution in [3.05, 3.63) is 126 Å². The van der Waals surface area contributed by atoms with Gasteiger partial charge in [0.15, 0.2) is 0 Å². The molecule has 1 unspecified atom stereocenters. The molecule has 0 radical (unpaired) electrons. The highest BCUT2D eigenvalue weighted by atomic mass is 16.4. The summed E-state index contributed by atoms with van der Waals surface area (Å²) >= 11 is 0. The predicted octanol–water partition coefficient (Wildman–Crippen LogP) is 6.43. The maximum absolute atomic E-state index is 9.94. The fourth-order valence-electron chi connectivity index (χ4n) is 5.27. The predicted molar refractivity (Wildman–Crippen MR) is 141 cm³/mol. The normalized spacial score (nSPS) is 15.6. The van der Waals surface area contributed by atoms with Crippen LogP contribution in [0.1, 0.15) is 17.9 Å². The number of aromatic nitrogens is 1. The first-order chi connectivity index (χ1) is 16.7. The van der Waals surface area contributed by atoms with Crippen LogP contribution < -0.4 is 0 Å². The summed E-state index contributed by atoms with van der Waals surface area (Å²) in [4.78, 5) is 0. The lowest BCUT2D eigenvalue weighted by Gasteiger charge is -2.24. The van der Waals surface area contributed by atoms with Crippen LogP contribution in [0.25, 0.3) is 38.6 Å². The zero-order chi connectivity index (χ0) is 23.1. The van der Waals surface area contributed by atoms with Crippen molar-refractivity contribution in [1.82, 2.24) is 4.57 Å². The molecule has 0 saturated heterocycles. The Bertz CT molecular complexity index is 1510. The van der Waals surface area contributed by atoms with Crippen LogP contribution in [-0.4, -0.2) is 21.7 Å². The number of para-hydroxylation sites is 2. The van der Waals surface area contributed by atoms with Crippen molar-refractivity contribution in [2.75, 3.05) is 0 Å². The standard InChI is InChI=1S/C30H24BNO2/c33-31(34)28-14-6-3-11-25(28)24-10-2-1-9-23(24)21-17-19-22(20-18-21)32-29-15-7-4-12-26(29)27-13-5-8-16-30(27)32/h1-10,12-20,25,33-34H,11H2. The molecule has 1 heterocycles. The van der Waals surface area contributed by atoms with Crippen molar-refractivity contribution in [2.45, 2.75) is 12.3 Å². The third-order valence-electron chi connectivity index (χ3n) is 6.85. The second-order valence-electron chi connectivity index (χ2n) is 8.76. The van der Waals surface area contributed by atoms with E-state index in [2.05, 4.69) is 95.6 Å². The molecule has 0 fully saturated rings. The number of hydrogen-bond donors (Lipinski definition) is 2. The van der Waals surface area contributed by atoms with Crippen LogP contribution in [0.2, 0.25) is 0 Å². The summed E-state index contributed by atoms with van der Waals surface area (Å²) in [5, 5.41) is 22.4. The van der Waals surface area contributed by atoms with Gasteiger partial charge in [0.2, 0.25) is 0 Å². The van der Waals surface area contributed by atoms with Crippen molar-refractivity contribution < 1.29 is 10.0 Å². The van der Waals surface area contributed by atoms with Gasteiger partial charge >= 0.3 is 7.12 Å². The van der Waals surface area contributed by atoms with E-state index >= 15 is 0 Å². The Morgan fingerprint density at radius 3 is 2.00 bits per heavy atom. The molecular weight excluding hydrogens is 417 g/mol. The molecule has 1 atom stereocenters. The smallest absolute Gasteiger partial charge is 0.423 e. The highest BCUT2D eigenvalue weighted by Gasteiger charge is 2.28. The molecule has 0 saturated carbocycles. The molecule has 0 amide bonds. The topological polar surface area (TPSA) is 45.4 Å². The van der Waals surface area contributed by atoms with Crippen LogP contribution in [0.3, 0.4) is 0 Å². The maximum atomic E-state index is 9.94. The van der Waals surface area contributed by atoms with Gasteiger partial charge in [-0.3, -0.25) is 0 Å². The van der Waals surface area contributed by atoms with E-state index in [1.807, 2.05) is 24.3 Å². The molecule has 5 aromatic rings. The minimum Gasteiger partial charge on any atom is -0.423 e. The molecule has 1 aliphatic carbocycles. The molecule has 0 bridgehead atoms. The lowest BCUT2D eigenvalue weighted by Crippen LogP contribution is -2.22. The Labute approximate surface area is 199 Å². The molecule has 4 heteroatoms. The number of nitrogens with zero attached hydrogens (tertiary/aromatic N) is 1. The summed E-state index contributed by atoms with van der Waals surface area (Å²) in [5.74, 6) is -0.0572. The molecule has 0 aliphatic heterocycles. The number of fused-ring (bicyclic) bond motifs is 3. The van der Waals surface area contributed by atoms with E-state index in [0.717, 1.165) is 28.8 Å². The van der Waals surface area contributed by atoms with E-state index in [4.69, 9.17) is 0 Å². The van der Waals surface area contributed by atoms with E-state index in [1.54, 1.807) is 0 Å². The van der Waals surface area contributed by atoms with E-state index in [-0.39, 0.29) is 5.92 Å². The van der Waals surface area contributed by atoms with Crippen LogP contribution in [0, 0.1) is 0 Å². The minimum atomic E-state index is -1.46. The zero-order valence-electron chi connectivity index (χ0n) is 18.7. The van der Waals surface area contributed by atoms with E-state index in [1.165, 1.54) is 21.8 Å². The van der Waals surface area contributed by atoms with Crippen LogP contribution in [0.15, 0.2) is 121 Å². The summed E-state index contributed by atoms with van der Waals surface area (Å²) < 4.78 is 2.31. The number of allylic oxidation sites excluding steroid dienone is 4. The van der Waals surface area contributed by atoms with Crippen molar-refractivity contribution >= 4 is 28.9 Å². The van der Waals surface area contributed by atoms with Crippen molar-refractivity contribution in [2.24, 2.45) is 0 Å². The third-order valence-corrected chi connectivity index (χ3v) is 6.85. The van der Waals surface area contributed by atoms with Gasteiger partial charge in [-0.15, -0.1) is 0 Å². The summed E-state index contributed by atoms with van der Waals surface area (Å²) in [6.45, 7) is 0. The van der Waals surface area contributed by atoms with Gasteiger partial charge in [-0.05, 0) is 52.8 Å². The minimum absolute atomic E-state index is 0.0572. The molecule has 3 nitrogen and oxygen atoms in total. The van der Waals surface area contributed by atoms with Gasteiger partial charge in [-0.2, -0.15) is 0 Å². The number of benzene rings is 4. The summed E-state index contributed by atoms with van der Waals surface area (Å²) in [6, 6.07) is 34.0. The van der Waals surface area contributed by atoms with Gasteiger partial charge in [0.05, 0.1) is 11.0 Å². The molecule has 6 rings (SSSR count). The van der Waals surface area contributed by atoms with E-state index < -0.39 is 7.12 Å². The highest BCUT2D eigenvalue weighted by molar-refractivity contribution is 6.51. The Hall–Kier alpha value is -3.86. The lowest BCUT2D eigenvalue weighted by molar-refractivity contribution is 0.413. The van der Waals surface area contributed by atoms with Crippen LogP contribution >= 0.6 is 0 Å². The summed E-state index contributed by atoms with van der Waals surface area (Å²) in [7, 11) is -1.46. The molecule has 2 N–H and O–H groups in total. The summed E-state index contributed by atoms with van der Waals surface area (Å²) in [6.07, 6.45) is 6.55. The van der Waals surface area contributed by atoms with Crippen LogP contribution in [0.4, 0.5) is 0 Å². The van der Waals surface area contributed by atoms with Gasteiger partial charge in [0.25, 0.3) is 0 Å². The van der Waals surface area contributed by atoms with Gasteiger partial charge in [0.1, 0.15) is 0 Å². The van der Waals surface area contributed by atoms with Gasteiger partial charge in [-0.1, -0.05) is 91.0 Å². The Balaban J connectivity index is 1.45. The first kappa shape index (κ1) is 20.7. The maximum Gasteiger partial charge on any atom is 0.484 e. The average molecular weight is 441 g/mol. The first-order valence-corrected chi connectivity index (χ1v) is 11.6. The van der Waals surface area contributed by atoms with Gasteiger partial charge < -0.3 is 14.6 Å². The molecule has 34 heavy (non-hydrogen) atoms. The summed E-state index contributed by atoms with van der Waals surface area (Å²) in [5.41, 5.74) is 7.47. The first-order valence-electron chi connectivity index (χ1n) is 11.6. The molecule has 4 aromatic carbocycles. The molecule has 1 aromatic heterocycles. The van der Waals surface area contributed by atoms with Crippen LogP contribution in [-0.2, 0) is 0 Å². The third kappa shape index (κ3) is 3.40. The molecular formula is C30H24BNO2. The number of rotatable bonds is 4. The molecule has 0 spiro atoms. The Morgan fingerprint density at radius 2 is 1.32 bits per heavy atom. The van der Waals surface area contributed by atoms with Gasteiger partial charge in [-0.25, -0.2) is 0 Å². The van der Waals surface area contributed by atoms with E-state index in [0.29, 0.717) is 5.47 Å². The average Bonchev–Trinajstić information content (AvgIpc) is 3.23. The van der Waals surface area contributed by atoms with Crippen molar-refractivity contribution in [3.63, 3.8) is 0 Å². The Morgan fingerprint density at radius 1 is 0.706 bits per heavy atom. The second kappa shape index (κ2) is 8.49. The fraction of sp³-hybridized carbons (Fsp3) is 0.0667. The van der Waals surface area contributed by atoms with Gasteiger partial charge in [0, 0.05) is 22.4 Å². The number of hydrogen-bond acceptors (Lipinski definition) is 2. The zero-order valence-corrected chi connectivity index (χ0v) is 18.7. The lowest BCUT2D eigenvalue weighted by atomic mass is 9.66. The largest absolute Gasteiger partial charge is 0.484 e. The van der Waals surface area contributed by atoms with Crippen molar-refractivity contribution in [1.29, 1.82) is 0 Å². The Kier molecular flexibility index (Phi) is 5.18. The SMILES string of the molecule is OB(O)C1=CC=CCC1c1ccccc1-c1ccc(-n2c3ccccc3c3ccccc32)cc1. The van der Waals surface area contributed by atoms with E-state index in [9.17, 15) is 10.0 Å². The van der Waals surface area contributed by atoms with Crippen molar-refractivity contribution in [3.8, 4) is 16.8 Å². The highest BCUT2D eigenvalue weighted by Crippen LogP contribution is 2.38. The quantitative estimate of drug-likeness (QED) is 0.316. The molecule has 164 valence electrons. The van der Waals surface area contributed by atoms with Crippen LogP contribution in [0.5, 0.6) is 0 Å². The monoisotopic (exact) mass is 441 g/mol. The molecule has 1 aliphatic rings. The fourth-order valence-corrected chi connectivity index (χ4v) is 5.27. The second-order valence-corrected chi connectivity index (χ2v) is 8.76.